The van der Waals surface area contributed by atoms with E-state index in [4.69, 9.17) is 4.18 Å². The molecule has 0 fully saturated rings. The molecule has 0 aliphatic carbocycles. The fourth-order valence-electron chi connectivity index (χ4n) is 3.44. The van der Waals surface area contributed by atoms with Crippen molar-refractivity contribution < 1.29 is 17.4 Å². The average molecular weight is 452 g/mol. The highest BCUT2D eigenvalue weighted by Gasteiger charge is 2.31. The van der Waals surface area contributed by atoms with Crippen LogP contribution in [0.25, 0.3) is 0 Å². The van der Waals surface area contributed by atoms with Crippen LogP contribution in [0.1, 0.15) is 33.9 Å². The highest BCUT2D eigenvalue weighted by Crippen LogP contribution is 2.27. The van der Waals surface area contributed by atoms with Crippen molar-refractivity contribution >= 4 is 21.7 Å². The molecule has 1 atom stereocenters. The molecule has 0 radical (unpaired) electrons. The van der Waals surface area contributed by atoms with E-state index in [0.717, 1.165) is 22.9 Å². The Kier molecular flexibility index (Phi) is 7.48. The van der Waals surface area contributed by atoms with Crippen molar-refractivity contribution in [2.45, 2.75) is 33.3 Å². The predicted octanol–water partition coefficient (Wildman–Crippen LogP) is 4.91. The Bertz CT molecular complexity index is 1170. The van der Waals surface area contributed by atoms with Gasteiger partial charge >= 0.3 is 0 Å². The molecule has 0 aliphatic rings. The van der Waals surface area contributed by atoms with Crippen molar-refractivity contribution in [1.29, 1.82) is 0 Å². The smallest absolute Gasteiger partial charge is 0.265 e. The van der Waals surface area contributed by atoms with Crippen molar-refractivity contribution in [1.82, 2.24) is 0 Å². The van der Waals surface area contributed by atoms with Crippen LogP contribution >= 0.6 is 0 Å². The second-order valence-electron chi connectivity index (χ2n) is 8.09. The third-order valence-electron chi connectivity index (χ3n) is 5.41. The second-order valence-corrected chi connectivity index (χ2v) is 9.69. The van der Waals surface area contributed by atoms with Crippen LogP contribution in [0, 0.1) is 20.8 Å². The van der Waals surface area contributed by atoms with Crippen LogP contribution in [0.2, 0.25) is 0 Å². The lowest BCUT2D eigenvalue weighted by Crippen LogP contribution is -2.38. The highest BCUT2D eigenvalue weighted by atomic mass is 32.2. The monoisotopic (exact) mass is 451 g/mol. The van der Waals surface area contributed by atoms with Gasteiger partial charge < -0.3 is 4.90 Å². The first-order valence-corrected chi connectivity index (χ1v) is 12.3. The molecule has 6 heteroatoms. The summed E-state index contributed by atoms with van der Waals surface area (Å²) in [6, 6.07) is 22.7. The lowest BCUT2D eigenvalue weighted by atomic mass is 10.0. The molecule has 0 N–H and O–H groups in total. The number of nitrogens with zero attached hydrogens (tertiary/aromatic N) is 1. The highest BCUT2D eigenvalue weighted by molar-refractivity contribution is 7.86. The van der Waals surface area contributed by atoms with Gasteiger partial charge in [0.2, 0.25) is 0 Å². The number of rotatable bonds is 8. The Morgan fingerprint density at radius 3 is 2.16 bits per heavy atom. The molecule has 1 unspecified atom stereocenters. The maximum atomic E-state index is 13.7. The molecule has 3 aromatic carbocycles. The second kappa shape index (κ2) is 10.1. The first-order chi connectivity index (χ1) is 15.1. The Morgan fingerprint density at radius 1 is 0.906 bits per heavy atom. The summed E-state index contributed by atoms with van der Waals surface area (Å²) in [5, 5.41) is 0. The molecule has 168 valence electrons. The molecule has 3 rings (SSSR count). The Hall–Kier alpha value is -2.96. The van der Waals surface area contributed by atoms with E-state index in [1.807, 2.05) is 69.3 Å². The number of carbonyl (C=O) groups is 1. The van der Waals surface area contributed by atoms with Gasteiger partial charge in [-0.15, -0.1) is 0 Å². The number of amides is 1. The van der Waals surface area contributed by atoms with Crippen LogP contribution in [-0.2, 0) is 25.5 Å². The van der Waals surface area contributed by atoms with Crippen LogP contribution in [0.3, 0.4) is 0 Å². The summed E-state index contributed by atoms with van der Waals surface area (Å²) in [5.74, 6) is -0.419. The van der Waals surface area contributed by atoms with E-state index >= 15 is 0 Å². The fourth-order valence-corrected chi connectivity index (χ4v) is 3.98. The zero-order valence-corrected chi connectivity index (χ0v) is 19.7. The van der Waals surface area contributed by atoms with Crippen molar-refractivity contribution in [3.05, 3.63) is 101 Å². The average Bonchev–Trinajstić information content (AvgIpc) is 2.75. The normalized spacial score (nSPS) is 12.4. The van der Waals surface area contributed by atoms with Crippen molar-refractivity contribution in [3.8, 4) is 0 Å². The van der Waals surface area contributed by atoms with Crippen LogP contribution in [0.4, 0.5) is 5.69 Å². The summed E-state index contributed by atoms with van der Waals surface area (Å²) in [5.41, 5.74) is 5.64. The van der Waals surface area contributed by atoms with Gasteiger partial charge in [0, 0.05) is 12.2 Å². The van der Waals surface area contributed by atoms with E-state index in [9.17, 15) is 13.2 Å². The minimum absolute atomic E-state index is 0.390. The molecule has 0 spiro atoms. The van der Waals surface area contributed by atoms with Crippen LogP contribution in [-0.4, -0.2) is 27.1 Å². The Labute approximate surface area is 190 Å². The number of benzene rings is 3. The number of hydrogen-bond acceptors (Lipinski definition) is 4. The van der Waals surface area contributed by atoms with E-state index in [0.29, 0.717) is 24.2 Å². The molecule has 5 nitrogen and oxygen atoms in total. The maximum Gasteiger partial charge on any atom is 0.265 e. The van der Waals surface area contributed by atoms with Crippen molar-refractivity contribution in [2.24, 2.45) is 0 Å². The number of anilines is 1. The number of aryl methyl sites for hydroxylation is 3. The Balaban J connectivity index is 1.99. The zero-order valence-electron chi connectivity index (χ0n) is 18.9. The van der Waals surface area contributed by atoms with Crippen molar-refractivity contribution in [3.63, 3.8) is 0 Å². The lowest BCUT2D eigenvalue weighted by Gasteiger charge is -2.28. The first-order valence-electron chi connectivity index (χ1n) is 10.5. The van der Waals surface area contributed by atoms with Gasteiger partial charge in [-0.05, 0) is 61.6 Å². The van der Waals surface area contributed by atoms with E-state index in [1.165, 1.54) is 5.56 Å². The maximum absolute atomic E-state index is 13.7. The summed E-state index contributed by atoms with van der Waals surface area (Å²) in [6.45, 7) is 6.42. The fraction of sp³-hybridized carbons (Fsp3) is 0.269. The SMILES string of the molecule is Cc1ccc(CCN(C(=O)C(OS(C)(=O)=O)c2ccccc2)c2ccc(C)c(C)c2)cc1. The molecule has 0 saturated carbocycles. The van der Waals surface area contributed by atoms with Gasteiger partial charge in [0.25, 0.3) is 16.0 Å². The summed E-state index contributed by atoms with van der Waals surface area (Å²) in [7, 11) is -3.87. The standard InChI is InChI=1S/C26H29NO4S/c1-19-10-13-22(14-11-19)16-17-27(24-15-12-20(2)21(3)18-24)26(28)25(31-32(4,29)30)23-8-6-5-7-9-23/h5-15,18,25H,16-17H2,1-4H3. The van der Waals surface area contributed by atoms with Gasteiger partial charge in [-0.3, -0.25) is 8.98 Å². The number of carbonyl (C=O) groups excluding carboxylic acids is 1. The molecule has 0 heterocycles. The van der Waals surface area contributed by atoms with Crippen LogP contribution < -0.4 is 4.90 Å². The van der Waals surface area contributed by atoms with Gasteiger partial charge in [-0.25, -0.2) is 0 Å². The zero-order chi connectivity index (χ0) is 23.3. The molecule has 0 aliphatic heterocycles. The predicted molar refractivity (Wildman–Crippen MR) is 128 cm³/mol. The third kappa shape index (κ3) is 6.28. The molecular formula is C26H29NO4S. The molecular weight excluding hydrogens is 422 g/mol. The summed E-state index contributed by atoms with van der Waals surface area (Å²) >= 11 is 0. The van der Waals surface area contributed by atoms with Gasteiger partial charge in [0.05, 0.1) is 6.26 Å². The first kappa shape index (κ1) is 23.7. The summed E-state index contributed by atoms with van der Waals surface area (Å²) in [4.78, 5) is 15.4. The van der Waals surface area contributed by atoms with Crippen molar-refractivity contribution in [2.75, 3.05) is 17.7 Å². The largest absolute Gasteiger partial charge is 0.309 e. The number of hydrogen-bond donors (Lipinski definition) is 0. The minimum Gasteiger partial charge on any atom is -0.309 e. The Morgan fingerprint density at radius 2 is 1.56 bits per heavy atom. The molecule has 1 amide bonds. The van der Waals surface area contributed by atoms with Crippen LogP contribution in [0.5, 0.6) is 0 Å². The van der Waals surface area contributed by atoms with Gasteiger partial charge in [0.15, 0.2) is 6.10 Å². The van der Waals surface area contributed by atoms with Gasteiger partial charge in [-0.2, -0.15) is 8.42 Å². The van der Waals surface area contributed by atoms with E-state index in [-0.39, 0.29) is 0 Å². The van der Waals surface area contributed by atoms with Gasteiger partial charge in [-0.1, -0.05) is 66.2 Å². The molecule has 0 saturated heterocycles. The molecule has 0 aromatic heterocycles. The lowest BCUT2D eigenvalue weighted by molar-refractivity contribution is -0.125. The van der Waals surface area contributed by atoms with Gasteiger partial charge in [0.1, 0.15) is 0 Å². The van der Waals surface area contributed by atoms with Crippen LogP contribution in [0.15, 0.2) is 72.8 Å². The summed E-state index contributed by atoms with van der Waals surface area (Å²) in [6.07, 6.45) is 0.327. The minimum atomic E-state index is -3.87. The quantitative estimate of drug-likeness (QED) is 0.457. The molecule has 3 aromatic rings. The molecule has 0 bridgehead atoms. The third-order valence-corrected chi connectivity index (χ3v) is 5.95. The summed E-state index contributed by atoms with van der Waals surface area (Å²) < 4.78 is 29.3. The van der Waals surface area contributed by atoms with E-state index < -0.39 is 22.1 Å². The van der Waals surface area contributed by atoms with E-state index in [1.54, 1.807) is 29.2 Å². The topological polar surface area (TPSA) is 63.7 Å². The molecule has 32 heavy (non-hydrogen) atoms. The van der Waals surface area contributed by atoms with E-state index in [2.05, 4.69) is 0 Å².